The Labute approximate surface area is 128 Å². The number of nitrogens with zero attached hydrogens (tertiary/aromatic N) is 1. The van der Waals surface area contributed by atoms with Crippen LogP contribution in [0.3, 0.4) is 0 Å². The van der Waals surface area contributed by atoms with E-state index in [0.717, 1.165) is 0 Å². The van der Waals surface area contributed by atoms with Gasteiger partial charge in [-0.15, -0.1) is 0 Å². The van der Waals surface area contributed by atoms with Crippen LogP contribution in [-0.4, -0.2) is 24.2 Å². The summed E-state index contributed by atoms with van der Waals surface area (Å²) in [4.78, 5) is 1.87. The van der Waals surface area contributed by atoms with Gasteiger partial charge in [0.2, 0.25) is 0 Å². The molecule has 1 nitrogen and oxygen atoms in total. The molecule has 0 aromatic heterocycles. The SMILES string of the molecule is Fc1cc(CN2CCC(C(F)(F)F)CC2)c(Cl)cc1Br. The third-order valence-electron chi connectivity index (χ3n) is 3.53. The van der Waals surface area contributed by atoms with Gasteiger partial charge in [-0.25, -0.2) is 4.39 Å². The molecule has 0 spiro atoms. The van der Waals surface area contributed by atoms with E-state index >= 15 is 0 Å². The fourth-order valence-corrected chi connectivity index (χ4v) is 3.04. The van der Waals surface area contributed by atoms with E-state index in [4.69, 9.17) is 11.6 Å². The van der Waals surface area contributed by atoms with Crippen molar-refractivity contribution in [2.45, 2.75) is 25.6 Å². The monoisotopic (exact) mass is 373 g/mol. The zero-order chi connectivity index (χ0) is 14.9. The van der Waals surface area contributed by atoms with Crippen LogP contribution in [-0.2, 0) is 6.54 Å². The van der Waals surface area contributed by atoms with Gasteiger partial charge in [0.05, 0.1) is 10.4 Å². The molecule has 0 saturated carbocycles. The van der Waals surface area contributed by atoms with Crippen LogP contribution in [0.5, 0.6) is 0 Å². The van der Waals surface area contributed by atoms with Gasteiger partial charge < -0.3 is 0 Å². The summed E-state index contributed by atoms with van der Waals surface area (Å²) >= 11 is 9.06. The molecule has 1 aromatic rings. The standard InChI is InChI=1S/C13H13BrClF4N/c14-10-6-11(15)8(5-12(10)16)7-20-3-1-9(2-4-20)13(17,18)19/h5-6,9H,1-4,7H2. The Balaban J connectivity index is 1.98. The zero-order valence-corrected chi connectivity index (χ0v) is 12.8. The van der Waals surface area contributed by atoms with E-state index in [1.54, 1.807) is 0 Å². The van der Waals surface area contributed by atoms with Gasteiger partial charge in [0, 0.05) is 11.6 Å². The molecule has 0 aliphatic carbocycles. The first-order valence-corrected chi connectivity index (χ1v) is 7.37. The minimum absolute atomic E-state index is 0.0835. The highest BCUT2D eigenvalue weighted by Gasteiger charge is 2.40. The molecule has 1 aliphatic heterocycles. The Bertz CT molecular complexity index is 484. The highest BCUT2D eigenvalue weighted by molar-refractivity contribution is 9.10. The fraction of sp³-hybridized carbons (Fsp3) is 0.538. The molecular weight excluding hydrogens is 361 g/mol. The van der Waals surface area contributed by atoms with Gasteiger partial charge in [-0.1, -0.05) is 11.6 Å². The smallest absolute Gasteiger partial charge is 0.299 e. The minimum atomic E-state index is -4.12. The Morgan fingerprint density at radius 3 is 2.40 bits per heavy atom. The molecule has 1 heterocycles. The Kier molecular flexibility index (Phi) is 4.97. The lowest BCUT2D eigenvalue weighted by Gasteiger charge is -2.33. The maximum atomic E-state index is 13.5. The maximum absolute atomic E-state index is 13.5. The quantitative estimate of drug-likeness (QED) is 0.519. The van der Waals surface area contributed by atoms with E-state index in [9.17, 15) is 17.6 Å². The highest BCUT2D eigenvalue weighted by Crippen LogP contribution is 2.35. The van der Waals surface area contributed by atoms with Gasteiger partial charge in [0.1, 0.15) is 5.82 Å². The minimum Gasteiger partial charge on any atom is -0.299 e. The molecule has 2 rings (SSSR count). The lowest BCUT2D eigenvalue weighted by atomic mass is 9.96. The second-order valence-corrected chi connectivity index (χ2v) is 6.21. The number of alkyl halides is 3. The first-order valence-electron chi connectivity index (χ1n) is 6.20. The van der Waals surface area contributed by atoms with Crippen LogP contribution < -0.4 is 0 Å². The Morgan fingerprint density at radius 1 is 1.25 bits per heavy atom. The van der Waals surface area contributed by atoms with Crippen molar-refractivity contribution in [3.63, 3.8) is 0 Å². The van der Waals surface area contributed by atoms with Gasteiger partial charge in [0.25, 0.3) is 0 Å². The van der Waals surface area contributed by atoms with Crippen molar-refractivity contribution in [1.29, 1.82) is 0 Å². The van der Waals surface area contributed by atoms with E-state index in [0.29, 0.717) is 30.2 Å². The molecule has 20 heavy (non-hydrogen) atoms. The molecular formula is C13H13BrClF4N. The highest BCUT2D eigenvalue weighted by atomic mass is 79.9. The molecule has 1 saturated heterocycles. The number of likely N-dealkylation sites (tertiary alicyclic amines) is 1. The summed E-state index contributed by atoms with van der Waals surface area (Å²) < 4.78 is 51.4. The average Bonchev–Trinajstić information content (AvgIpc) is 2.35. The maximum Gasteiger partial charge on any atom is 0.391 e. The molecule has 0 unspecified atom stereocenters. The average molecular weight is 375 g/mol. The first kappa shape index (κ1) is 16.0. The molecule has 1 aromatic carbocycles. The lowest BCUT2D eigenvalue weighted by molar-refractivity contribution is -0.185. The molecule has 7 heteroatoms. The molecule has 1 fully saturated rings. The van der Waals surface area contributed by atoms with Crippen LogP contribution in [0.1, 0.15) is 18.4 Å². The number of benzene rings is 1. The zero-order valence-electron chi connectivity index (χ0n) is 10.5. The van der Waals surface area contributed by atoms with Gasteiger partial charge in [-0.05, 0) is 59.6 Å². The van der Waals surface area contributed by atoms with Crippen molar-refractivity contribution in [1.82, 2.24) is 4.90 Å². The molecule has 112 valence electrons. The number of halogens is 6. The third kappa shape index (κ3) is 3.86. The van der Waals surface area contributed by atoms with Crippen molar-refractivity contribution in [2.24, 2.45) is 5.92 Å². The Morgan fingerprint density at radius 2 is 1.85 bits per heavy atom. The summed E-state index contributed by atoms with van der Waals surface area (Å²) in [6.07, 6.45) is -3.95. The number of rotatable bonds is 2. The molecule has 0 atom stereocenters. The van der Waals surface area contributed by atoms with Crippen molar-refractivity contribution in [3.05, 3.63) is 33.0 Å². The topological polar surface area (TPSA) is 3.24 Å². The van der Waals surface area contributed by atoms with Crippen LogP contribution in [0.25, 0.3) is 0 Å². The summed E-state index contributed by atoms with van der Waals surface area (Å²) in [7, 11) is 0. The van der Waals surface area contributed by atoms with Crippen LogP contribution in [0.15, 0.2) is 16.6 Å². The molecule has 0 radical (unpaired) electrons. The van der Waals surface area contributed by atoms with Gasteiger partial charge in [0.15, 0.2) is 0 Å². The van der Waals surface area contributed by atoms with E-state index in [2.05, 4.69) is 15.9 Å². The van der Waals surface area contributed by atoms with E-state index in [1.165, 1.54) is 12.1 Å². The third-order valence-corrected chi connectivity index (χ3v) is 4.49. The molecule has 0 amide bonds. The summed E-state index contributed by atoms with van der Waals surface area (Å²) in [6, 6.07) is 2.79. The predicted molar refractivity (Wildman–Crippen MR) is 73.2 cm³/mol. The molecule has 1 aliphatic rings. The Hall–Kier alpha value is -0.330. The van der Waals surface area contributed by atoms with Crippen LogP contribution in [0, 0.1) is 11.7 Å². The number of hydrogen-bond donors (Lipinski definition) is 0. The van der Waals surface area contributed by atoms with Gasteiger partial charge in [-0.3, -0.25) is 4.90 Å². The molecule has 0 N–H and O–H groups in total. The van der Waals surface area contributed by atoms with Crippen LogP contribution in [0.4, 0.5) is 17.6 Å². The lowest BCUT2D eigenvalue weighted by Crippen LogP contribution is -2.38. The van der Waals surface area contributed by atoms with Crippen molar-refractivity contribution in [2.75, 3.05) is 13.1 Å². The van der Waals surface area contributed by atoms with E-state index in [-0.39, 0.29) is 17.3 Å². The van der Waals surface area contributed by atoms with Gasteiger partial charge in [-0.2, -0.15) is 13.2 Å². The normalized spacial score (nSPS) is 18.5. The van der Waals surface area contributed by atoms with E-state index < -0.39 is 17.9 Å². The largest absolute Gasteiger partial charge is 0.391 e. The summed E-state index contributed by atoms with van der Waals surface area (Å²) in [5.74, 6) is -1.65. The second-order valence-electron chi connectivity index (χ2n) is 4.95. The first-order chi connectivity index (χ1) is 9.27. The van der Waals surface area contributed by atoms with E-state index in [1.807, 2.05) is 4.90 Å². The second kappa shape index (κ2) is 6.20. The van der Waals surface area contributed by atoms with Crippen LogP contribution >= 0.6 is 27.5 Å². The van der Waals surface area contributed by atoms with Crippen LogP contribution in [0.2, 0.25) is 5.02 Å². The molecule has 0 bridgehead atoms. The summed E-state index contributed by atoms with van der Waals surface area (Å²) in [5, 5.41) is 0.413. The van der Waals surface area contributed by atoms with Crippen molar-refractivity contribution >= 4 is 27.5 Å². The van der Waals surface area contributed by atoms with Crippen molar-refractivity contribution < 1.29 is 17.6 Å². The predicted octanol–water partition coefficient (Wildman–Crippen LogP) is 5.02. The summed E-state index contributed by atoms with van der Waals surface area (Å²) in [5.41, 5.74) is 0.595. The summed E-state index contributed by atoms with van der Waals surface area (Å²) in [6.45, 7) is 1.06. The van der Waals surface area contributed by atoms with Gasteiger partial charge >= 0.3 is 6.18 Å². The number of hydrogen-bond acceptors (Lipinski definition) is 1. The number of piperidine rings is 1. The fourth-order valence-electron chi connectivity index (χ4n) is 2.34. The van der Waals surface area contributed by atoms with Crippen molar-refractivity contribution in [3.8, 4) is 0 Å².